The van der Waals surface area contributed by atoms with Gasteiger partial charge in [0.25, 0.3) is 0 Å². The molecule has 52 heavy (non-hydrogen) atoms. The molecular weight excluding hydrogens is 651 g/mol. The molecule has 10 rings (SSSR count). The van der Waals surface area contributed by atoms with Gasteiger partial charge >= 0.3 is 0 Å². The molecule has 0 saturated heterocycles. The molecule has 0 aliphatic carbocycles. The fourth-order valence-electron chi connectivity index (χ4n) is 7.68. The number of hydrogen-bond acceptors (Lipinski definition) is 3. The minimum Gasteiger partial charge on any atom is -0.310 e. The Morgan fingerprint density at radius 2 is 0.808 bits per heavy atom. The molecule has 2 aromatic heterocycles. The van der Waals surface area contributed by atoms with Gasteiger partial charge in [0.05, 0.1) is 28.1 Å². The fraction of sp³-hybridized carbons (Fsp3) is 0. The zero-order valence-electron chi connectivity index (χ0n) is 28.3. The van der Waals surface area contributed by atoms with Gasteiger partial charge in [0.1, 0.15) is 0 Å². The van der Waals surface area contributed by atoms with Crippen LogP contribution in [0.2, 0.25) is 0 Å². The van der Waals surface area contributed by atoms with Gasteiger partial charge in [-0.1, -0.05) is 115 Å². The van der Waals surface area contributed by atoms with Gasteiger partial charge in [-0.3, -0.25) is 0 Å². The van der Waals surface area contributed by atoms with Gasteiger partial charge in [0, 0.05) is 53.7 Å². The van der Waals surface area contributed by atoms with E-state index < -0.39 is 0 Å². The summed E-state index contributed by atoms with van der Waals surface area (Å²) in [6.07, 6.45) is 0. The maximum atomic E-state index is 2.46. The first-order chi connectivity index (χ1) is 25.8. The van der Waals surface area contributed by atoms with Crippen LogP contribution in [-0.2, 0) is 0 Å². The highest BCUT2D eigenvalue weighted by Gasteiger charge is 2.22. The lowest BCUT2D eigenvalue weighted by molar-refractivity contribution is 1.16. The van der Waals surface area contributed by atoms with Crippen molar-refractivity contribution < 1.29 is 0 Å². The van der Waals surface area contributed by atoms with Crippen LogP contribution in [-0.4, -0.2) is 4.57 Å². The summed E-state index contributed by atoms with van der Waals surface area (Å²) < 4.78 is 5.10. The lowest BCUT2D eigenvalue weighted by Gasteiger charge is -2.30. The summed E-state index contributed by atoms with van der Waals surface area (Å²) in [6, 6.07) is 72.0. The van der Waals surface area contributed by atoms with Crippen LogP contribution in [0.25, 0.3) is 47.7 Å². The third-order valence-electron chi connectivity index (χ3n) is 9.90. The number of benzene rings is 8. The van der Waals surface area contributed by atoms with Crippen LogP contribution in [0.15, 0.2) is 200 Å². The Balaban J connectivity index is 1.31. The third kappa shape index (κ3) is 5.04. The normalized spacial score (nSPS) is 11.5. The number of rotatable bonds is 7. The SMILES string of the molecule is c1ccc(N(c2ccccc2)c2cc(N(c3ccccc3)c3ccccc3)cc(-n3c4ccccc4c4c5sc6ccccc6c5ccc43)c2)cc1. The first kappa shape index (κ1) is 30.2. The Labute approximate surface area is 306 Å². The van der Waals surface area contributed by atoms with Gasteiger partial charge in [-0.25, -0.2) is 0 Å². The molecule has 246 valence electrons. The van der Waals surface area contributed by atoms with Crippen LogP contribution in [0.1, 0.15) is 0 Å². The number of aromatic nitrogens is 1. The highest BCUT2D eigenvalue weighted by atomic mass is 32.1. The van der Waals surface area contributed by atoms with Crippen molar-refractivity contribution in [3.05, 3.63) is 200 Å². The van der Waals surface area contributed by atoms with E-state index in [1.165, 1.54) is 42.0 Å². The molecule has 0 radical (unpaired) electrons. The molecule has 0 N–H and O–H groups in total. The largest absolute Gasteiger partial charge is 0.310 e. The van der Waals surface area contributed by atoms with E-state index in [9.17, 15) is 0 Å². The molecule has 4 heteroatoms. The van der Waals surface area contributed by atoms with E-state index >= 15 is 0 Å². The fourth-order valence-corrected chi connectivity index (χ4v) is 8.94. The van der Waals surface area contributed by atoms with E-state index in [0.717, 1.165) is 39.8 Å². The smallest absolute Gasteiger partial charge is 0.0555 e. The van der Waals surface area contributed by atoms with E-state index in [4.69, 9.17) is 0 Å². The number of para-hydroxylation sites is 5. The third-order valence-corrected chi connectivity index (χ3v) is 11.1. The van der Waals surface area contributed by atoms with Crippen molar-refractivity contribution in [1.82, 2.24) is 4.57 Å². The van der Waals surface area contributed by atoms with Crippen LogP contribution in [0, 0.1) is 0 Å². The highest BCUT2D eigenvalue weighted by Crippen LogP contribution is 2.46. The molecule has 0 aliphatic heterocycles. The Hall–Kier alpha value is -6.62. The molecular formula is C48H33N3S. The van der Waals surface area contributed by atoms with E-state index in [1.54, 1.807) is 0 Å². The molecule has 0 bridgehead atoms. The second-order valence-corrected chi connectivity index (χ2v) is 14.1. The van der Waals surface area contributed by atoms with E-state index in [-0.39, 0.29) is 0 Å². The maximum Gasteiger partial charge on any atom is 0.0555 e. The number of fused-ring (bicyclic) bond motifs is 7. The number of hydrogen-bond donors (Lipinski definition) is 0. The van der Waals surface area contributed by atoms with Crippen molar-refractivity contribution in [2.75, 3.05) is 9.80 Å². The van der Waals surface area contributed by atoms with Crippen molar-refractivity contribution >= 4 is 87.4 Å². The average molecular weight is 684 g/mol. The zero-order valence-corrected chi connectivity index (χ0v) is 29.1. The Kier molecular flexibility index (Phi) is 7.33. The first-order valence-electron chi connectivity index (χ1n) is 17.6. The lowest BCUT2D eigenvalue weighted by Crippen LogP contribution is -2.14. The second-order valence-electron chi connectivity index (χ2n) is 13.0. The monoisotopic (exact) mass is 683 g/mol. The minimum absolute atomic E-state index is 1.07. The summed E-state index contributed by atoms with van der Waals surface area (Å²) in [7, 11) is 0. The van der Waals surface area contributed by atoms with Crippen LogP contribution in [0.5, 0.6) is 0 Å². The summed E-state index contributed by atoms with van der Waals surface area (Å²) >= 11 is 1.89. The number of nitrogens with zero attached hydrogens (tertiary/aromatic N) is 3. The zero-order chi connectivity index (χ0) is 34.4. The van der Waals surface area contributed by atoms with Crippen LogP contribution < -0.4 is 9.80 Å². The molecule has 0 saturated carbocycles. The standard InChI is InChI=1S/C48H33N3S/c1-5-17-34(18-6-1)49(35-19-7-2-8-20-35)38-31-39(50(36-21-9-3-10-22-36)37-23-11-4-12-24-37)33-40(32-38)51-44-27-15-13-26-43(44)47-45(51)30-29-42-41-25-14-16-28-46(41)52-48(42)47/h1-33H. The Morgan fingerprint density at radius 3 is 1.35 bits per heavy atom. The molecule has 0 unspecified atom stereocenters. The maximum absolute atomic E-state index is 2.46. The molecule has 3 nitrogen and oxygen atoms in total. The molecule has 0 spiro atoms. The van der Waals surface area contributed by atoms with Crippen LogP contribution in [0.4, 0.5) is 34.1 Å². The molecule has 8 aromatic carbocycles. The summed E-state index contributed by atoms with van der Waals surface area (Å²) in [5.41, 5.74) is 9.98. The summed E-state index contributed by atoms with van der Waals surface area (Å²) in [5, 5.41) is 5.18. The quantitative estimate of drug-likeness (QED) is 0.166. The van der Waals surface area contributed by atoms with Crippen molar-refractivity contribution in [3.8, 4) is 5.69 Å². The molecule has 0 fully saturated rings. The summed E-state index contributed by atoms with van der Waals surface area (Å²) in [5.74, 6) is 0. The van der Waals surface area contributed by atoms with Gasteiger partial charge in [-0.2, -0.15) is 0 Å². The summed E-state index contributed by atoms with van der Waals surface area (Å²) in [4.78, 5) is 4.72. The van der Waals surface area contributed by atoms with Crippen molar-refractivity contribution in [1.29, 1.82) is 0 Å². The predicted octanol–water partition coefficient (Wildman–Crippen LogP) is 14.1. The van der Waals surface area contributed by atoms with E-state index in [1.807, 2.05) is 11.3 Å². The topological polar surface area (TPSA) is 11.4 Å². The predicted molar refractivity (Wildman–Crippen MR) is 223 cm³/mol. The van der Waals surface area contributed by atoms with E-state index in [0.29, 0.717) is 0 Å². The number of thiophene rings is 1. The van der Waals surface area contributed by atoms with Gasteiger partial charge in [-0.05, 0) is 84.9 Å². The highest BCUT2D eigenvalue weighted by molar-refractivity contribution is 7.26. The number of anilines is 6. The minimum atomic E-state index is 1.07. The van der Waals surface area contributed by atoms with Gasteiger partial charge in [-0.15, -0.1) is 11.3 Å². The average Bonchev–Trinajstić information content (AvgIpc) is 3.76. The lowest BCUT2D eigenvalue weighted by atomic mass is 10.1. The van der Waals surface area contributed by atoms with Gasteiger partial charge in [0.2, 0.25) is 0 Å². The van der Waals surface area contributed by atoms with Crippen molar-refractivity contribution in [2.24, 2.45) is 0 Å². The molecule has 2 heterocycles. The molecule has 0 atom stereocenters. The Morgan fingerprint density at radius 1 is 0.346 bits per heavy atom. The Bertz CT molecular complexity index is 2660. The second kappa shape index (κ2) is 12.6. The van der Waals surface area contributed by atoms with Crippen LogP contribution >= 0.6 is 11.3 Å². The molecule has 10 aromatic rings. The molecule has 0 amide bonds. The van der Waals surface area contributed by atoms with Gasteiger partial charge < -0.3 is 14.4 Å². The van der Waals surface area contributed by atoms with Crippen LogP contribution in [0.3, 0.4) is 0 Å². The summed E-state index contributed by atoms with van der Waals surface area (Å²) in [6.45, 7) is 0. The van der Waals surface area contributed by atoms with E-state index in [2.05, 4.69) is 215 Å². The van der Waals surface area contributed by atoms with Crippen molar-refractivity contribution in [2.45, 2.75) is 0 Å². The molecule has 0 aliphatic rings. The first-order valence-corrected chi connectivity index (χ1v) is 18.4. The van der Waals surface area contributed by atoms with Crippen molar-refractivity contribution in [3.63, 3.8) is 0 Å². The van der Waals surface area contributed by atoms with Gasteiger partial charge in [0.15, 0.2) is 0 Å².